The number of likely N-dealkylation sites (tertiary alicyclic amines) is 1. The Bertz CT molecular complexity index is 680. The second-order valence-corrected chi connectivity index (χ2v) is 5.83. The Kier molecular flexibility index (Phi) is 5.19. The van der Waals surface area contributed by atoms with Gasteiger partial charge in [0.05, 0.1) is 17.9 Å². The van der Waals surface area contributed by atoms with E-state index in [2.05, 4.69) is 5.32 Å². The summed E-state index contributed by atoms with van der Waals surface area (Å²) in [6.07, 6.45) is -4.76. The van der Waals surface area contributed by atoms with Crippen LogP contribution in [-0.4, -0.2) is 41.3 Å². The van der Waals surface area contributed by atoms with E-state index in [1.807, 2.05) is 0 Å². The molecule has 0 radical (unpaired) electrons. The van der Waals surface area contributed by atoms with E-state index in [0.717, 1.165) is 17.0 Å². The Morgan fingerprint density at radius 1 is 1.28 bits per heavy atom. The fourth-order valence-electron chi connectivity index (χ4n) is 2.76. The van der Waals surface area contributed by atoms with Crippen LogP contribution in [0.15, 0.2) is 18.2 Å². The molecule has 5 nitrogen and oxygen atoms in total. The van der Waals surface area contributed by atoms with Crippen LogP contribution in [0.3, 0.4) is 0 Å². The molecule has 138 valence electrons. The molecule has 10 heteroatoms. The number of rotatable bonds is 3. The van der Waals surface area contributed by atoms with Crippen LogP contribution in [0.5, 0.6) is 0 Å². The van der Waals surface area contributed by atoms with Crippen LogP contribution in [0.4, 0.5) is 26.7 Å². The van der Waals surface area contributed by atoms with Crippen molar-refractivity contribution in [3.05, 3.63) is 35.4 Å². The number of amides is 2. The number of hydrogen-bond donors (Lipinski definition) is 2. The SMILES string of the molecule is C[C@@H](NC(=O)N1C[C@@H](C(F)(F)F)[C@H](C(=O)O)C1)c1ccc(F)cc1F. The van der Waals surface area contributed by atoms with E-state index in [-0.39, 0.29) is 5.56 Å². The Balaban J connectivity index is 2.09. The van der Waals surface area contributed by atoms with Gasteiger partial charge in [-0.15, -0.1) is 0 Å². The molecule has 1 aromatic rings. The minimum absolute atomic E-state index is 0.0453. The number of carbonyl (C=O) groups is 2. The molecule has 0 aliphatic carbocycles. The molecule has 1 aromatic carbocycles. The van der Waals surface area contributed by atoms with Gasteiger partial charge in [-0.25, -0.2) is 13.6 Å². The molecule has 0 aromatic heterocycles. The molecule has 1 saturated heterocycles. The zero-order valence-electron chi connectivity index (χ0n) is 13.0. The Hall–Kier alpha value is -2.39. The highest BCUT2D eigenvalue weighted by molar-refractivity contribution is 5.78. The first-order chi connectivity index (χ1) is 11.5. The van der Waals surface area contributed by atoms with Crippen molar-refractivity contribution in [3.8, 4) is 0 Å². The molecular weight excluding hydrogens is 351 g/mol. The smallest absolute Gasteiger partial charge is 0.394 e. The summed E-state index contributed by atoms with van der Waals surface area (Å²) in [6.45, 7) is -0.0326. The third kappa shape index (κ3) is 4.18. The van der Waals surface area contributed by atoms with E-state index in [4.69, 9.17) is 5.11 Å². The molecule has 2 rings (SSSR count). The summed E-state index contributed by atoms with van der Waals surface area (Å²) in [7, 11) is 0. The minimum Gasteiger partial charge on any atom is -0.481 e. The van der Waals surface area contributed by atoms with Crippen LogP contribution in [0.1, 0.15) is 18.5 Å². The van der Waals surface area contributed by atoms with Gasteiger partial charge in [0.25, 0.3) is 0 Å². The molecule has 3 atom stereocenters. The summed E-state index contributed by atoms with van der Waals surface area (Å²) in [6, 6.07) is 0.819. The van der Waals surface area contributed by atoms with Crippen LogP contribution < -0.4 is 5.32 Å². The van der Waals surface area contributed by atoms with Crippen molar-refractivity contribution in [2.24, 2.45) is 11.8 Å². The highest BCUT2D eigenvalue weighted by atomic mass is 19.4. The summed E-state index contributed by atoms with van der Waals surface area (Å²) < 4.78 is 65.3. The summed E-state index contributed by atoms with van der Waals surface area (Å²) in [5.74, 6) is -7.30. The van der Waals surface area contributed by atoms with Gasteiger partial charge in [-0.05, 0) is 13.0 Å². The monoisotopic (exact) mass is 366 g/mol. The lowest BCUT2D eigenvalue weighted by molar-refractivity contribution is -0.187. The van der Waals surface area contributed by atoms with E-state index < -0.39 is 60.8 Å². The number of nitrogens with one attached hydrogen (secondary N) is 1. The van der Waals surface area contributed by atoms with Gasteiger partial charge in [-0.3, -0.25) is 4.79 Å². The molecule has 2 N–H and O–H groups in total. The number of urea groups is 1. The van der Waals surface area contributed by atoms with Crippen LogP contribution in [0.25, 0.3) is 0 Å². The van der Waals surface area contributed by atoms with Gasteiger partial charge in [0.1, 0.15) is 11.6 Å². The maximum Gasteiger partial charge on any atom is 0.394 e. The predicted octanol–water partition coefficient (Wildman–Crippen LogP) is 2.93. The van der Waals surface area contributed by atoms with Crippen molar-refractivity contribution in [1.29, 1.82) is 0 Å². The van der Waals surface area contributed by atoms with E-state index >= 15 is 0 Å². The number of carbonyl (C=O) groups excluding carboxylic acids is 1. The average molecular weight is 366 g/mol. The van der Waals surface area contributed by atoms with Crippen molar-refractivity contribution in [2.45, 2.75) is 19.1 Å². The third-order valence-electron chi connectivity index (χ3n) is 4.11. The highest BCUT2D eigenvalue weighted by Crippen LogP contribution is 2.37. The molecule has 25 heavy (non-hydrogen) atoms. The molecule has 1 fully saturated rings. The van der Waals surface area contributed by atoms with Crippen molar-refractivity contribution in [3.63, 3.8) is 0 Å². The zero-order valence-corrected chi connectivity index (χ0v) is 13.0. The largest absolute Gasteiger partial charge is 0.481 e. The maximum atomic E-state index is 13.7. The van der Waals surface area contributed by atoms with E-state index in [1.54, 1.807) is 0 Å². The van der Waals surface area contributed by atoms with Crippen LogP contribution in [-0.2, 0) is 4.79 Å². The molecule has 0 bridgehead atoms. The maximum absolute atomic E-state index is 13.7. The second-order valence-electron chi connectivity index (χ2n) is 5.83. The zero-order chi connectivity index (χ0) is 18.9. The first kappa shape index (κ1) is 18.9. The van der Waals surface area contributed by atoms with Gasteiger partial charge < -0.3 is 15.3 Å². The quantitative estimate of drug-likeness (QED) is 0.809. The number of hydrogen-bond acceptors (Lipinski definition) is 2. The second kappa shape index (κ2) is 6.85. The van der Waals surface area contributed by atoms with Gasteiger partial charge in [-0.1, -0.05) is 6.07 Å². The van der Waals surface area contributed by atoms with Crippen LogP contribution in [0.2, 0.25) is 0 Å². The van der Waals surface area contributed by atoms with Gasteiger partial charge in [-0.2, -0.15) is 13.2 Å². The number of nitrogens with zero attached hydrogens (tertiary/aromatic N) is 1. The number of carboxylic acids is 1. The highest BCUT2D eigenvalue weighted by Gasteiger charge is 2.53. The normalized spacial score (nSPS) is 21.9. The van der Waals surface area contributed by atoms with Crippen molar-refractivity contribution in [1.82, 2.24) is 10.2 Å². The van der Waals surface area contributed by atoms with Crippen LogP contribution in [0, 0.1) is 23.5 Å². The van der Waals surface area contributed by atoms with E-state index in [9.17, 15) is 31.5 Å². The van der Waals surface area contributed by atoms with E-state index in [1.165, 1.54) is 6.92 Å². The summed E-state index contributed by atoms with van der Waals surface area (Å²) in [5, 5.41) is 11.2. The van der Waals surface area contributed by atoms with Gasteiger partial charge >= 0.3 is 18.2 Å². The Morgan fingerprint density at radius 3 is 2.40 bits per heavy atom. The number of benzene rings is 1. The lowest BCUT2D eigenvalue weighted by atomic mass is 9.96. The predicted molar refractivity (Wildman–Crippen MR) is 75.5 cm³/mol. The lowest BCUT2D eigenvalue weighted by Crippen LogP contribution is -2.40. The molecule has 0 spiro atoms. The standard InChI is InChI=1S/C15H15F5N2O3/c1-7(9-3-2-8(16)4-12(9)17)21-14(25)22-5-10(13(23)24)11(6-22)15(18,19)20/h2-4,7,10-11H,5-6H2,1H3,(H,21,25)(H,23,24)/t7-,10-,11-/m1/s1. The molecule has 1 aliphatic rings. The Labute approximate surface area is 139 Å². The van der Waals surface area contributed by atoms with E-state index in [0.29, 0.717) is 6.07 Å². The molecule has 0 saturated carbocycles. The molecule has 2 amide bonds. The van der Waals surface area contributed by atoms with Gasteiger partial charge in [0, 0.05) is 24.7 Å². The number of aliphatic carboxylic acids is 1. The van der Waals surface area contributed by atoms with Crippen LogP contribution >= 0.6 is 0 Å². The average Bonchev–Trinajstić information content (AvgIpc) is 2.92. The first-order valence-electron chi connectivity index (χ1n) is 7.30. The van der Waals surface area contributed by atoms with Gasteiger partial charge in [0.2, 0.25) is 0 Å². The summed E-state index contributed by atoms with van der Waals surface area (Å²) in [4.78, 5) is 23.8. The van der Waals surface area contributed by atoms with Crippen molar-refractivity contribution < 1.29 is 36.6 Å². The first-order valence-corrected chi connectivity index (χ1v) is 7.30. The van der Waals surface area contributed by atoms with Crippen molar-refractivity contribution >= 4 is 12.0 Å². The number of carboxylic acid groups (broad SMARTS) is 1. The molecular formula is C15H15F5N2O3. The van der Waals surface area contributed by atoms with Crippen molar-refractivity contribution in [2.75, 3.05) is 13.1 Å². The minimum atomic E-state index is -4.76. The molecule has 1 aliphatic heterocycles. The number of alkyl halides is 3. The van der Waals surface area contributed by atoms with Gasteiger partial charge in [0.15, 0.2) is 0 Å². The lowest BCUT2D eigenvalue weighted by Gasteiger charge is -2.22. The fraction of sp³-hybridized carbons (Fsp3) is 0.467. The molecule has 1 heterocycles. The Morgan fingerprint density at radius 2 is 1.92 bits per heavy atom. The fourth-order valence-corrected chi connectivity index (χ4v) is 2.76. The third-order valence-corrected chi connectivity index (χ3v) is 4.11. The summed E-state index contributed by atoms with van der Waals surface area (Å²) >= 11 is 0. The topological polar surface area (TPSA) is 69.6 Å². The molecule has 0 unspecified atom stereocenters. The summed E-state index contributed by atoms with van der Waals surface area (Å²) in [5.41, 5.74) is -0.0453. The number of halogens is 5.